The highest BCUT2D eigenvalue weighted by molar-refractivity contribution is 5.87. The van der Waals surface area contributed by atoms with Crippen LogP contribution >= 0.6 is 0 Å². The van der Waals surface area contributed by atoms with Crippen molar-refractivity contribution in [3.05, 3.63) is 35.7 Å². The molecule has 0 unspecified atom stereocenters. The summed E-state index contributed by atoms with van der Waals surface area (Å²) in [5.41, 5.74) is 1.12. The molecule has 17 heavy (non-hydrogen) atoms. The van der Waals surface area contributed by atoms with Crippen molar-refractivity contribution in [1.82, 2.24) is 10.3 Å². The SMILES string of the molecule is COC(=O)c1ccc(C=CCNC(C)=O)cn1. The van der Waals surface area contributed by atoms with Crippen molar-refractivity contribution in [1.29, 1.82) is 0 Å². The lowest BCUT2D eigenvalue weighted by molar-refractivity contribution is -0.118. The Morgan fingerprint density at radius 1 is 1.47 bits per heavy atom. The lowest BCUT2D eigenvalue weighted by Gasteiger charge is -1.98. The summed E-state index contributed by atoms with van der Waals surface area (Å²) in [6.45, 7) is 1.93. The lowest BCUT2D eigenvalue weighted by atomic mass is 10.2. The fourth-order valence-corrected chi connectivity index (χ4v) is 1.13. The Morgan fingerprint density at radius 3 is 2.76 bits per heavy atom. The number of esters is 1. The van der Waals surface area contributed by atoms with Gasteiger partial charge in [-0.3, -0.25) is 4.79 Å². The average molecular weight is 234 g/mol. The third-order valence-electron chi connectivity index (χ3n) is 1.96. The van der Waals surface area contributed by atoms with Crippen LogP contribution in [-0.2, 0) is 9.53 Å². The highest BCUT2D eigenvalue weighted by Crippen LogP contribution is 2.03. The molecule has 5 heteroatoms. The van der Waals surface area contributed by atoms with Gasteiger partial charge in [-0.15, -0.1) is 0 Å². The normalized spacial score (nSPS) is 10.2. The molecule has 1 rings (SSSR count). The molecule has 0 aliphatic heterocycles. The maximum Gasteiger partial charge on any atom is 0.356 e. The Bertz CT molecular complexity index is 424. The van der Waals surface area contributed by atoms with Crippen LogP contribution in [0.3, 0.4) is 0 Å². The van der Waals surface area contributed by atoms with Crippen molar-refractivity contribution in [2.45, 2.75) is 6.92 Å². The Morgan fingerprint density at radius 2 is 2.24 bits per heavy atom. The fourth-order valence-electron chi connectivity index (χ4n) is 1.13. The van der Waals surface area contributed by atoms with Gasteiger partial charge in [0, 0.05) is 19.7 Å². The second-order valence-electron chi connectivity index (χ2n) is 3.31. The summed E-state index contributed by atoms with van der Waals surface area (Å²) in [6.07, 6.45) is 5.18. The molecular weight excluding hydrogens is 220 g/mol. The highest BCUT2D eigenvalue weighted by atomic mass is 16.5. The van der Waals surface area contributed by atoms with Crippen LogP contribution in [0.5, 0.6) is 0 Å². The van der Waals surface area contributed by atoms with Gasteiger partial charge in [0.1, 0.15) is 5.69 Å². The van der Waals surface area contributed by atoms with E-state index >= 15 is 0 Å². The summed E-state index contributed by atoms with van der Waals surface area (Å²) in [5.74, 6) is -0.535. The first-order chi connectivity index (χ1) is 8.13. The van der Waals surface area contributed by atoms with Crippen LogP contribution in [-0.4, -0.2) is 30.5 Å². The number of amides is 1. The number of pyridine rings is 1. The smallest absolute Gasteiger partial charge is 0.356 e. The zero-order valence-electron chi connectivity index (χ0n) is 9.77. The second-order valence-corrected chi connectivity index (χ2v) is 3.31. The van der Waals surface area contributed by atoms with E-state index in [0.29, 0.717) is 6.54 Å². The summed E-state index contributed by atoms with van der Waals surface area (Å²) in [5, 5.41) is 2.63. The van der Waals surface area contributed by atoms with Gasteiger partial charge in [-0.05, 0) is 11.6 Å². The first-order valence-electron chi connectivity index (χ1n) is 5.09. The molecule has 0 aromatic carbocycles. The minimum atomic E-state index is -0.459. The van der Waals surface area contributed by atoms with Crippen LogP contribution < -0.4 is 5.32 Å². The number of nitrogens with one attached hydrogen (secondary N) is 1. The number of carbonyl (C=O) groups excluding carboxylic acids is 2. The molecule has 0 saturated carbocycles. The molecule has 1 heterocycles. The largest absolute Gasteiger partial charge is 0.464 e. The van der Waals surface area contributed by atoms with Crippen LogP contribution in [0.15, 0.2) is 24.4 Å². The summed E-state index contributed by atoms with van der Waals surface area (Å²) >= 11 is 0. The van der Waals surface area contributed by atoms with Gasteiger partial charge in [-0.25, -0.2) is 9.78 Å². The second kappa shape index (κ2) is 6.42. The highest BCUT2D eigenvalue weighted by Gasteiger charge is 2.04. The molecule has 0 bridgehead atoms. The van der Waals surface area contributed by atoms with E-state index in [1.54, 1.807) is 24.4 Å². The minimum Gasteiger partial charge on any atom is -0.464 e. The van der Waals surface area contributed by atoms with Crippen molar-refractivity contribution in [2.75, 3.05) is 13.7 Å². The van der Waals surface area contributed by atoms with E-state index in [2.05, 4.69) is 15.0 Å². The van der Waals surface area contributed by atoms with Crippen LogP contribution in [0.25, 0.3) is 6.08 Å². The molecule has 1 aromatic heterocycles. The van der Waals surface area contributed by atoms with Crippen LogP contribution in [0.4, 0.5) is 0 Å². The number of carbonyl (C=O) groups is 2. The van der Waals surface area contributed by atoms with E-state index in [9.17, 15) is 9.59 Å². The third kappa shape index (κ3) is 4.46. The Labute approximate surface area is 99.5 Å². The van der Waals surface area contributed by atoms with Gasteiger partial charge in [-0.2, -0.15) is 0 Å². The molecule has 0 aliphatic carbocycles. The van der Waals surface area contributed by atoms with Gasteiger partial charge in [0.05, 0.1) is 7.11 Å². The van der Waals surface area contributed by atoms with Gasteiger partial charge in [0.15, 0.2) is 0 Å². The van der Waals surface area contributed by atoms with Crippen LogP contribution in [0, 0.1) is 0 Å². The Hall–Kier alpha value is -2.17. The molecule has 1 amide bonds. The van der Waals surface area contributed by atoms with Crippen molar-refractivity contribution < 1.29 is 14.3 Å². The number of hydrogen-bond acceptors (Lipinski definition) is 4. The van der Waals surface area contributed by atoms with E-state index < -0.39 is 5.97 Å². The maximum absolute atomic E-state index is 11.1. The molecule has 90 valence electrons. The summed E-state index contributed by atoms with van der Waals surface area (Å²) in [4.78, 5) is 25.7. The number of methoxy groups -OCH3 is 1. The van der Waals surface area contributed by atoms with Gasteiger partial charge >= 0.3 is 5.97 Å². The zero-order valence-corrected chi connectivity index (χ0v) is 9.77. The summed E-state index contributed by atoms with van der Waals surface area (Å²) < 4.78 is 4.53. The molecule has 0 atom stereocenters. The zero-order chi connectivity index (χ0) is 12.7. The molecule has 0 fully saturated rings. The van der Waals surface area contributed by atoms with Gasteiger partial charge in [-0.1, -0.05) is 18.2 Å². The molecule has 1 aromatic rings. The van der Waals surface area contributed by atoms with E-state index in [1.165, 1.54) is 14.0 Å². The van der Waals surface area contributed by atoms with Gasteiger partial charge in [0.25, 0.3) is 0 Å². The first kappa shape index (κ1) is 12.9. The quantitative estimate of drug-likeness (QED) is 0.790. The number of hydrogen-bond donors (Lipinski definition) is 1. The summed E-state index contributed by atoms with van der Waals surface area (Å²) in [6, 6.07) is 3.34. The van der Waals surface area contributed by atoms with Crippen LogP contribution in [0.1, 0.15) is 23.0 Å². The third-order valence-corrected chi connectivity index (χ3v) is 1.96. The standard InChI is InChI=1S/C12H14N2O3/c1-9(15)13-7-3-4-10-5-6-11(14-8-10)12(16)17-2/h3-6,8H,7H2,1-2H3,(H,13,15). The monoisotopic (exact) mass is 234 g/mol. The van der Waals surface area contributed by atoms with Gasteiger partial charge < -0.3 is 10.1 Å². The molecule has 5 nitrogen and oxygen atoms in total. The predicted octanol–water partition coefficient (Wildman–Crippen LogP) is 1.02. The average Bonchev–Trinajstić information content (AvgIpc) is 2.34. The summed E-state index contributed by atoms with van der Waals surface area (Å²) in [7, 11) is 1.31. The molecule has 1 N–H and O–H groups in total. The number of aromatic nitrogens is 1. The van der Waals surface area contributed by atoms with Crippen molar-refractivity contribution in [3.63, 3.8) is 0 Å². The van der Waals surface area contributed by atoms with E-state index in [0.717, 1.165) is 5.56 Å². The van der Waals surface area contributed by atoms with E-state index in [-0.39, 0.29) is 11.6 Å². The van der Waals surface area contributed by atoms with E-state index in [1.807, 2.05) is 6.08 Å². The molecule has 0 saturated heterocycles. The number of ether oxygens (including phenoxy) is 1. The Kier molecular flexibility index (Phi) is 4.87. The van der Waals surface area contributed by atoms with Crippen molar-refractivity contribution in [2.24, 2.45) is 0 Å². The van der Waals surface area contributed by atoms with Crippen molar-refractivity contribution >= 4 is 18.0 Å². The first-order valence-corrected chi connectivity index (χ1v) is 5.09. The Balaban J connectivity index is 2.56. The lowest BCUT2D eigenvalue weighted by Crippen LogP contribution is -2.19. The number of nitrogens with zero attached hydrogens (tertiary/aromatic N) is 1. The maximum atomic E-state index is 11.1. The fraction of sp³-hybridized carbons (Fsp3) is 0.250. The molecule has 0 spiro atoms. The molecular formula is C12H14N2O3. The van der Waals surface area contributed by atoms with Gasteiger partial charge in [0.2, 0.25) is 5.91 Å². The number of rotatable bonds is 4. The van der Waals surface area contributed by atoms with Crippen molar-refractivity contribution in [3.8, 4) is 0 Å². The predicted molar refractivity (Wildman–Crippen MR) is 63.3 cm³/mol. The minimum absolute atomic E-state index is 0.0752. The van der Waals surface area contributed by atoms with Crippen LogP contribution in [0.2, 0.25) is 0 Å². The topological polar surface area (TPSA) is 68.3 Å². The van der Waals surface area contributed by atoms with E-state index in [4.69, 9.17) is 0 Å². The molecule has 0 radical (unpaired) electrons. The molecule has 0 aliphatic rings.